The SMILES string of the molecule is COC(=O)C1=CO[C@@H](O[C@H]2O[C@H](CO)[C@@H](O)[C@@H](O)[C@H]2O)[C@@H]2[C@]1(O)[C@@H](O)C1O[C@]12C. The Bertz CT molecular complexity index is 711. The fourth-order valence-electron chi connectivity index (χ4n) is 4.58. The lowest BCUT2D eigenvalue weighted by Crippen LogP contribution is -2.63. The van der Waals surface area contributed by atoms with E-state index in [9.17, 15) is 35.4 Å². The average Bonchev–Trinajstić information content (AvgIpc) is 3.34. The van der Waals surface area contributed by atoms with Crippen molar-refractivity contribution in [3.63, 3.8) is 0 Å². The zero-order valence-corrected chi connectivity index (χ0v) is 15.6. The number of carbonyl (C=O) groups is 1. The van der Waals surface area contributed by atoms with Gasteiger partial charge in [0.1, 0.15) is 59.7 Å². The molecule has 164 valence electrons. The first kappa shape index (κ1) is 20.9. The average molecular weight is 420 g/mol. The number of epoxide rings is 1. The van der Waals surface area contributed by atoms with Crippen molar-refractivity contribution in [3.05, 3.63) is 11.8 Å². The van der Waals surface area contributed by atoms with E-state index in [-0.39, 0.29) is 5.57 Å². The van der Waals surface area contributed by atoms with Crippen molar-refractivity contribution in [3.8, 4) is 0 Å². The molecule has 0 amide bonds. The van der Waals surface area contributed by atoms with Gasteiger partial charge in [-0.25, -0.2) is 4.79 Å². The molecule has 2 saturated heterocycles. The van der Waals surface area contributed by atoms with Gasteiger partial charge >= 0.3 is 5.97 Å². The quantitative estimate of drug-likeness (QED) is 0.192. The lowest BCUT2D eigenvalue weighted by molar-refractivity contribution is -0.350. The molecule has 12 nitrogen and oxygen atoms in total. The molecule has 4 aliphatic rings. The summed E-state index contributed by atoms with van der Waals surface area (Å²) in [5, 5.41) is 61.2. The van der Waals surface area contributed by atoms with E-state index >= 15 is 0 Å². The second-order valence-corrected chi connectivity index (χ2v) is 7.83. The molecule has 0 spiro atoms. The van der Waals surface area contributed by atoms with Gasteiger partial charge in [-0.15, -0.1) is 0 Å². The highest BCUT2D eigenvalue weighted by Crippen LogP contribution is 2.63. The maximum atomic E-state index is 12.1. The van der Waals surface area contributed by atoms with Gasteiger partial charge in [-0.2, -0.15) is 0 Å². The first-order valence-corrected chi connectivity index (χ1v) is 9.09. The van der Waals surface area contributed by atoms with Crippen LogP contribution in [0.15, 0.2) is 11.8 Å². The Morgan fingerprint density at radius 3 is 2.48 bits per heavy atom. The molecule has 0 aromatic heterocycles. The number of aliphatic hydroxyl groups excluding tert-OH is 5. The molecule has 3 fully saturated rings. The number of hydrogen-bond donors (Lipinski definition) is 6. The van der Waals surface area contributed by atoms with Crippen molar-refractivity contribution in [2.45, 2.75) is 67.3 Å². The number of methoxy groups -OCH3 is 1. The molecular weight excluding hydrogens is 396 g/mol. The summed E-state index contributed by atoms with van der Waals surface area (Å²) in [6.07, 6.45) is -10.5. The van der Waals surface area contributed by atoms with E-state index in [1.807, 2.05) is 0 Å². The standard InChI is InChI=1S/C17H24O12/c1-16-10-15(28-14-9(21)8(20)7(19)6(3-18)27-14)26-4-5(13(23)25-2)17(10,24)11(22)12(16)29-16/h4,6-12,14-15,18-22,24H,3H2,1-2H3/t6-,7-,8-,9-,10+,11+,12?,14-,15+,16+,17+/m1/s1. The third-order valence-corrected chi connectivity index (χ3v) is 6.26. The molecule has 3 heterocycles. The van der Waals surface area contributed by atoms with Crippen LogP contribution in [-0.4, -0.2) is 111 Å². The highest BCUT2D eigenvalue weighted by molar-refractivity contribution is 5.91. The van der Waals surface area contributed by atoms with Gasteiger partial charge in [0, 0.05) is 0 Å². The summed E-state index contributed by atoms with van der Waals surface area (Å²) >= 11 is 0. The van der Waals surface area contributed by atoms with Crippen LogP contribution in [0.5, 0.6) is 0 Å². The van der Waals surface area contributed by atoms with Crippen molar-refractivity contribution in [1.82, 2.24) is 0 Å². The monoisotopic (exact) mass is 420 g/mol. The van der Waals surface area contributed by atoms with E-state index in [4.69, 9.17) is 18.9 Å². The van der Waals surface area contributed by atoms with Crippen LogP contribution in [0, 0.1) is 5.92 Å². The van der Waals surface area contributed by atoms with Crippen LogP contribution in [0.25, 0.3) is 0 Å². The van der Waals surface area contributed by atoms with Gasteiger partial charge in [0.05, 0.1) is 19.6 Å². The summed E-state index contributed by atoms with van der Waals surface area (Å²) in [6, 6.07) is 0. The van der Waals surface area contributed by atoms with Gasteiger partial charge in [-0.1, -0.05) is 0 Å². The molecule has 4 rings (SSSR count). The molecule has 1 unspecified atom stereocenters. The molecule has 3 aliphatic heterocycles. The summed E-state index contributed by atoms with van der Waals surface area (Å²) in [7, 11) is 1.11. The third kappa shape index (κ3) is 2.76. The molecule has 1 saturated carbocycles. The molecule has 0 radical (unpaired) electrons. The summed E-state index contributed by atoms with van der Waals surface area (Å²) in [5.74, 6) is -2.03. The fraction of sp³-hybridized carbons (Fsp3) is 0.824. The first-order valence-electron chi connectivity index (χ1n) is 9.09. The minimum absolute atomic E-state index is 0.317. The molecule has 11 atom stereocenters. The van der Waals surface area contributed by atoms with Crippen LogP contribution in [0.1, 0.15) is 6.92 Å². The second kappa shape index (κ2) is 6.83. The molecule has 6 N–H and O–H groups in total. The number of carbonyl (C=O) groups excluding carboxylic acids is 1. The summed E-state index contributed by atoms with van der Waals surface area (Å²) in [4.78, 5) is 12.1. The summed E-state index contributed by atoms with van der Waals surface area (Å²) in [6.45, 7) is 0.939. The van der Waals surface area contributed by atoms with E-state index in [1.165, 1.54) is 0 Å². The number of aliphatic hydroxyl groups is 6. The van der Waals surface area contributed by atoms with Gasteiger partial charge in [0.15, 0.2) is 6.29 Å². The minimum atomic E-state index is -2.12. The van der Waals surface area contributed by atoms with Gasteiger partial charge in [-0.05, 0) is 6.92 Å². The van der Waals surface area contributed by atoms with E-state index in [2.05, 4.69) is 4.74 Å². The Kier molecular flexibility index (Phi) is 4.93. The zero-order chi connectivity index (χ0) is 21.3. The highest BCUT2D eigenvalue weighted by atomic mass is 16.8. The largest absolute Gasteiger partial charge is 0.471 e. The van der Waals surface area contributed by atoms with Crippen molar-refractivity contribution in [1.29, 1.82) is 0 Å². The third-order valence-electron chi connectivity index (χ3n) is 6.26. The predicted octanol–water partition coefficient (Wildman–Crippen LogP) is -3.90. The predicted molar refractivity (Wildman–Crippen MR) is 87.5 cm³/mol. The minimum Gasteiger partial charge on any atom is -0.471 e. The number of hydrogen-bond acceptors (Lipinski definition) is 12. The van der Waals surface area contributed by atoms with Crippen LogP contribution in [0.2, 0.25) is 0 Å². The van der Waals surface area contributed by atoms with Crippen LogP contribution in [-0.2, 0) is 28.5 Å². The fourth-order valence-corrected chi connectivity index (χ4v) is 4.58. The molecule has 29 heavy (non-hydrogen) atoms. The Morgan fingerprint density at radius 2 is 1.86 bits per heavy atom. The Labute approximate surface area is 164 Å². The van der Waals surface area contributed by atoms with E-state index < -0.39 is 78.9 Å². The van der Waals surface area contributed by atoms with Crippen LogP contribution < -0.4 is 0 Å². The topological polar surface area (TPSA) is 188 Å². The molecular formula is C17H24O12. The summed E-state index contributed by atoms with van der Waals surface area (Å²) in [5.41, 5.74) is -3.55. The summed E-state index contributed by atoms with van der Waals surface area (Å²) < 4.78 is 26.5. The van der Waals surface area contributed by atoms with Gasteiger partial charge in [0.2, 0.25) is 6.29 Å². The molecule has 0 aromatic rings. The second-order valence-electron chi connectivity index (χ2n) is 7.83. The van der Waals surface area contributed by atoms with Gasteiger partial charge in [-0.3, -0.25) is 0 Å². The highest BCUT2D eigenvalue weighted by Gasteiger charge is 2.81. The van der Waals surface area contributed by atoms with Gasteiger partial charge < -0.3 is 54.3 Å². The lowest BCUT2D eigenvalue weighted by atomic mass is 9.77. The van der Waals surface area contributed by atoms with Crippen molar-refractivity contribution < 1.29 is 59.1 Å². The Hall–Kier alpha value is -1.35. The van der Waals surface area contributed by atoms with Gasteiger partial charge in [0.25, 0.3) is 0 Å². The number of fused-ring (bicyclic) bond motifs is 3. The van der Waals surface area contributed by atoms with Crippen molar-refractivity contribution in [2.75, 3.05) is 13.7 Å². The smallest absolute Gasteiger partial charge is 0.339 e. The van der Waals surface area contributed by atoms with E-state index in [0.29, 0.717) is 0 Å². The molecule has 0 bridgehead atoms. The maximum Gasteiger partial charge on any atom is 0.339 e. The van der Waals surface area contributed by atoms with Crippen molar-refractivity contribution >= 4 is 5.97 Å². The Morgan fingerprint density at radius 1 is 1.17 bits per heavy atom. The Balaban J connectivity index is 1.64. The van der Waals surface area contributed by atoms with E-state index in [0.717, 1.165) is 13.4 Å². The number of rotatable bonds is 4. The molecule has 1 aliphatic carbocycles. The van der Waals surface area contributed by atoms with Crippen LogP contribution in [0.4, 0.5) is 0 Å². The maximum absolute atomic E-state index is 12.1. The first-order chi connectivity index (χ1) is 13.6. The molecule has 12 heteroatoms. The van der Waals surface area contributed by atoms with E-state index in [1.54, 1.807) is 6.92 Å². The van der Waals surface area contributed by atoms with Crippen molar-refractivity contribution in [2.24, 2.45) is 5.92 Å². The lowest BCUT2D eigenvalue weighted by Gasteiger charge is -2.46. The van der Waals surface area contributed by atoms with Crippen LogP contribution >= 0.6 is 0 Å². The van der Waals surface area contributed by atoms with Crippen LogP contribution in [0.3, 0.4) is 0 Å². The number of esters is 1. The molecule has 0 aromatic carbocycles. The number of ether oxygens (including phenoxy) is 5. The zero-order valence-electron chi connectivity index (χ0n) is 15.6. The normalized spacial score (nSPS) is 53.4.